The first kappa shape index (κ1) is 12.2. The van der Waals surface area contributed by atoms with Crippen molar-refractivity contribution in [3.63, 3.8) is 0 Å². The summed E-state index contributed by atoms with van der Waals surface area (Å²) in [7, 11) is 1.64. The molecule has 0 aliphatic carbocycles. The Morgan fingerprint density at radius 2 is 1.65 bits per heavy atom. The molecule has 0 saturated carbocycles. The molecule has 1 radical (unpaired) electrons. The molecule has 0 spiro atoms. The molecule has 2 aromatic carbocycles. The third-order valence-electron chi connectivity index (χ3n) is 2.48. The topological polar surface area (TPSA) is 29.5 Å². The van der Waals surface area contributed by atoms with Gasteiger partial charge in [0.2, 0.25) is 0 Å². The van der Waals surface area contributed by atoms with E-state index in [-0.39, 0.29) is 0 Å². The Bertz CT molecular complexity index is 453. The summed E-state index contributed by atoms with van der Waals surface area (Å²) in [4.78, 5) is 0. The summed E-state index contributed by atoms with van der Waals surface area (Å²) >= 11 is -1.73. The second kappa shape index (κ2) is 5.87. The van der Waals surface area contributed by atoms with Crippen LogP contribution in [0.1, 0.15) is 5.56 Å². The molecule has 2 rings (SSSR count). The molecule has 0 amide bonds. The molecular weight excluding hydrogens is 279 g/mol. The predicted molar refractivity (Wildman–Crippen MR) is 70.7 cm³/mol. The van der Waals surface area contributed by atoms with E-state index in [9.17, 15) is 4.19 Å². The maximum absolute atomic E-state index is 10.2. The van der Waals surface area contributed by atoms with Crippen LogP contribution in [0.25, 0.3) is 0 Å². The Morgan fingerprint density at radius 3 is 2.24 bits per heavy atom. The van der Waals surface area contributed by atoms with Gasteiger partial charge in [-0.2, -0.15) is 0 Å². The normalized spacial score (nSPS) is 10.5. The maximum atomic E-state index is 10.2. The molecule has 0 bridgehead atoms. The van der Waals surface area contributed by atoms with E-state index < -0.39 is 14.2 Å². The van der Waals surface area contributed by atoms with Crippen molar-refractivity contribution in [1.82, 2.24) is 0 Å². The van der Waals surface area contributed by atoms with Gasteiger partial charge in [0, 0.05) is 0 Å². The fraction of sp³-hybridized carbons (Fsp3) is 0.143. The second-order valence-corrected chi connectivity index (χ2v) is 6.80. The Kier molecular flexibility index (Phi) is 4.21. The van der Waals surface area contributed by atoms with Gasteiger partial charge in [0.15, 0.2) is 0 Å². The molecule has 0 aliphatic rings. The summed E-state index contributed by atoms with van der Waals surface area (Å²) in [5.74, 6) is 0.826. The van der Waals surface area contributed by atoms with E-state index >= 15 is 0 Å². The van der Waals surface area contributed by atoms with Gasteiger partial charge in [-0.1, -0.05) is 0 Å². The zero-order valence-corrected chi connectivity index (χ0v) is 11.4. The number of hydrogen-bond acceptors (Lipinski definition) is 2. The molecule has 0 heterocycles. The van der Waals surface area contributed by atoms with Crippen LogP contribution in [0.15, 0.2) is 54.6 Å². The van der Waals surface area contributed by atoms with Gasteiger partial charge in [0.25, 0.3) is 0 Å². The molecule has 0 aromatic heterocycles. The van der Waals surface area contributed by atoms with Crippen LogP contribution >= 0.6 is 0 Å². The van der Waals surface area contributed by atoms with Crippen LogP contribution in [0.2, 0.25) is 0 Å². The molecule has 2 aromatic rings. The van der Waals surface area contributed by atoms with Crippen molar-refractivity contribution < 1.29 is 8.93 Å². The Hall–Kier alpha value is -1.28. The minimum atomic E-state index is -1.73. The zero-order valence-electron chi connectivity index (χ0n) is 9.67. The van der Waals surface area contributed by atoms with Gasteiger partial charge < -0.3 is 0 Å². The third-order valence-corrected chi connectivity index (χ3v) is 5.46. The van der Waals surface area contributed by atoms with E-state index in [1.165, 1.54) is 5.56 Å². The molecule has 0 saturated heterocycles. The van der Waals surface area contributed by atoms with Crippen molar-refractivity contribution in [3.05, 3.63) is 60.2 Å². The van der Waals surface area contributed by atoms with Gasteiger partial charge in [-0.25, -0.2) is 0 Å². The number of rotatable bonds is 4. The van der Waals surface area contributed by atoms with Gasteiger partial charge in [0.05, 0.1) is 0 Å². The summed E-state index contributed by atoms with van der Waals surface area (Å²) in [6.07, 6.45) is 0. The average molecular weight is 294 g/mol. The van der Waals surface area contributed by atoms with Crippen LogP contribution < -0.4 is 9.20 Å². The number of benzene rings is 2. The third kappa shape index (κ3) is 3.34. The summed E-state index contributed by atoms with van der Waals surface area (Å²) in [6.45, 7) is 0. The van der Waals surface area contributed by atoms with Gasteiger partial charge in [-0.15, -0.1) is 0 Å². The molecule has 0 fully saturated rings. The van der Waals surface area contributed by atoms with Gasteiger partial charge in [-0.3, -0.25) is 0 Å². The van der Waals surface area contributed by atoms with Crippen LogP contribution in [0.4, 0.5) is 0 Å². The molecule has 3 heteroatoms. The number of hydrogen-bond donors (Lipinski definition) is 1. The van der Waals surface area contributed by atoms with Crippen molar-refractivity contribution in [3.8, 4) is 5.75 Å². The summed E-state index contributed by atoms with van der Waals surface area (Å²) < 4.78 is 16.4. The monoisotopic (exact) mass is 295 g/mol. The number of ether oxygens (including phenoxy) is 1. The van der Waals surface area contributed by atoms with Crippen molar-refractivity contribution in [2.24, 2.45) is 0 Å². The van der Waals surface area contributed by atoms with E-state index in [4.69, 9.17) is 4.74 Å². The van der Waals surface area contributed by atoms with E-state index in [1.807, 2.05) is 42.5 Å². The first-order valence-electron chi connectivity index (χ1n) is 5.37. The van der Waals surface area contributed by atoms with E-state index in [2.05, 4.69) is 12.1 Å². The fourth-order valence-electron chi connectivity index (χ4n) is 1.55. The molecule has 1 N–H and O–H groups in total. The van der Waals surface area contributed by atoms with Crippen LogP contribution in [-0.4, -0.2) is 25.5 Å². The van der Waals surface area contributed by atoms with Crippen molar-refractivity contribution in [2.75, 3.05) is 7.11 Å². The van der Waals surface area contributed by atoms with Crippen LogP contribution in [0, 0.1) is 0 Å². The SMILES string of the molecule is COc1ccc([Se](O)Cc2ccccc2)cc1. The molecule has 2 nitrogen and oxygen atoms in total. The molecule has 0 unspecified atom stereocenters. The van der Waals surface area contributed by atoms with Crippen LogP contribution in [-0.2, 0) is 5.32 Å². The molecule has 89 valence electrons. The van der Waals surface area contributed by atoms with E-state index in [1.54, 1.807) is 7.11 Å². The van der Waals surface area contributed by atoms with E-state index in [0.717, 1.165) is 15.5 Å². The summed E-state index contributed by atoms with van der Waals surface area (Å²) in [6, 6.07) is 17.8. The molecule has 17 heavy (non-hydrogen) atoms. The van der Waals surface area contributed by atoms with Crippen molar-refractivity contribution in [1.29, 1.82) is 0 Å². The Labute approximate surface area is 106 Å². The van der Waals surface area contributed by atoms with Crippen molar-refractivity contribution in [2.45, 2.75) is 5.32 Å². The predicted octanol–water partition coefficient (Wildman–Crippen LogP) is 1.67. The molecular formula is C14H15O2Se. The second-order valence-electron chi connectivity index (χ2n) is 3.67. The fourth-order valence-corrected chi connectivity index (χ4v) is 3.91. The van der Waals surface area contributed by atoms with Gasteiger partial charge >= 0.3 is 106 Å². The first-order chi connectivity index (χ1) is 8.29. The van der Waals surface area contributed by atoms with E-state index in [0.29, 0.717) is 0 Å². The van der Waals surface area contributed by atoms with Crippen LogP contribution in [0.5, 0.6) is 5.75 Å². The Balaban J connectivity index is 2.06. The minimum absolute atomic E-state index is 0.757. The van der Waals surface area contributed by atoms with Crippen molar-refractivity contribution >= 4 is 18.7 Å². The molecule has 0 aliphatic heterocycles. The van der Waals surface area contributed by atoms with Crippen LogP contribution in [0.3, 0.4) is 0 Å². The Morgan fingerprint density at radius 1 is 1.00 bits per heavy atom. The average Bonchev–Trinajstić information content (AvgIpc) is 2.40. The summed E-state index contributed by atoms with van der Waals surface area (Å²) in [5.41, 5.74) is 1.19. The standard InChI is InChI=1S/C14H15O2Se/c1-16-13-7-9-14(10-8-13)17(15)11-12-5-3-2-4-6-12/h2-10,15H,11H2,1H3. The van der Waals surface area contributed by atoms with Gasteiger partial charge in [0.1, 0.15) is 0 Å². The molecule has 0 atom stereocenters. The van der Waals surface area contributed by atoms with Gasteiger partial charge in [-0.05, 0) is 0 Å². The quantitative estimate of drug-likeness (QED) is 0.869. The number of methoxy groups -OCH3 is 1. The summed E-state index contributed by atoms with van der Waals surface area (Å²) in [5, 5.41) is 0.757. The first-order valence-corrected chi connectivity index (χ1v) is 8.21. The zero-order chi connectivity index (χ0) is 12.1.